The molecule has 0 fully saturated rings. The minimum absolute atomic E-state index is 0.0520. The predicted molar refractivity (Wildman–Crippen MR) is 75.1 cm³/mol. The highest BCUT2D eigenvalue weighted by atomic mass is 79.9. The molecule has 0 amide bonds. The van der Waals surface area contributed by atoms with Crippen molar-refractivity contribution in [2.45, 2.75) is 0 Å². The third-order valence-electron chi connectivity index (χ3n) is 2.46. The lowest BCUT2D eigenvalue weighted by Crippen LogP contribution is -1.90. The predicted octanol–water partition coefficient (Wildman–Crippen LogP) is 3.95. The summed E-state index contributed by atoms with van der Waals surface area (Å²) in [4.78, 5) is 5.15. The molecule has 2 aromatic heterocycles. The molecular formula is C12H7BrFN3OS. The normalized spacial score (nSPS) is 10.8. The van der Waals surface area contributed by atoms with Crippen molar-refractivity contribution in [2.24, 2.45) is 0 Å². The second-order valence-corrected chi connectivity index (χ2v) is 5.62. The molecule has 96 valence electrons. The Morgan fingerprint density at radius 3 is 2.84 bits per heavy atom. The summed E-state index contributed by atoms with van der Waals surface area (Å²) < 4.78 is 19.2. The summed E-state index contributed by atoms with van der Waals surface area (Å²) in [6.07, 6.45) is 0. The molecular weight excluding hydrogens is 333 g/mol. The van der Waals surface area contributed by atoms with Gasteiger partial charge in [0.15, 0.2) is 0 Å². The fourth-order valence-corrected chi connectivity index (χ4v) is 2.90. The lowest BCUT2D eigenvalue weighted by Gasteiger charge is -1.97. The summed E-state index contributed by atoms with van der Waals surface area (Å²) in [6, 6.07) is 6.19. The number of halogens is 2. The average molecular weight is 340 g/mol. The molecule has 0 saturated carbocycles. The quantitative estimate of drug-likeness (QED) is 0.718. The number of thiophene rings is 1. The van der Waals surface area contributed by atoms with Crippen LogP contribution in [0.2, 0.25) is 0 Å². The summed E-state index contributed by atoms with van der Waals surface area (Å²) in [5, 5.41) is 5.83. The fraction of sp³-hybridized carbons (Fsp3) is 0. The van der Waals surface area contributed by atoms with E-state index in [0.29, 0.717) is 17.3 Å². The third-order valence-corrected chi connectivity index (χ3v) is 4.14. The van der Waals surface area contributed by atoms with Gasteiger partial charge in [0.2, 0.25) is 5.82 Å². The highest BCUT2D eigenvalue weighted by molar-refractivity contribution is 9.10. The van der Waals surface area contributed by atoms with Crippen LogP contribution in [0, 0.1) is 5.82 Å². The van der Waals surface area contributed by atoms with Crippen molar-refractivity contribution < 1.29 is 8.91 Å². The van der Waals surface area contributed by atoms with E-state index in [9.17, 15) is 4.39 Å². The Morgan fingerprint density at radius 2 is 2.16 bits per heavy atom. The van der Waals surface area contributed by atoms with Crippen LogP contribution in [0.25, 0.3) is 22.2 Å². The van der Waals surface area contributed by atoms with E-state index in [0.717, 1.165) is 9.35 Å². The molecule has 2 heterocycles. The molecule has 0 atom stereocenters. The van der Waals surface area contributed by atoms with E-state index in [-0.39, 0.29) is 5.69 Å². The maximum Gasteiger partial charge on any atom is 0.258 e. The van der Waals surface area contributed by atoms with Crippen LogP contribution >= 0.6 is 27.3 Å². The first-order valence-electron chi connectivity index (χ1n) is 5.27. The van der Waals surface area contributed by atoms with Crippen LogP contribution in [0.4, 0.5) is 10.1 Å². The third kappa shape index (κ3) is 2.39. The van der Waals surface area contributed by atoms with Gasteiger partial charge in [-0.15, -0.1) is 11.3 Å². The largest absolute Gasteiger partial charge is 0.396 e. The molecule has 1 aromatic carbocycles. The topological polar surface area (TPSA) is 64.9 Å². The van der Waals surface area contributed by atoms with E-state index >= 15 is 0 Å². The van der Waals surface area contributed by atoms with E-state index in [2.05, 4.69) is 26.1 Å². The van der Waals surface area contributed by atoms with Gasteiger partial charge in [-0.2, -0.15) is 4.98 Å². The molecule has 0 saturated heterocycles. The standard InChI is InChI=1S/C12H7BrFN3OS/c13-7-4-10(19-5-7)11-16-12(18-17-11)6-1-2-8(14)9(15)3-6/h1-5H,15H2. The van der Waals surface area contributed by atoms with Gasteiger partial charge in [0.05, 0.1) is 10.6 Å². The second kappa shape index (κ2) is 4.75. The van der Waals surface area contributed by atoms with Gasteiger partial charge in [-0.3, -0.25) is 0 Å². The zero-order valence-corrected chi connectivity index (χ0v) is 11.8. The number of hydrogen-bond acceptors (Lipinski definition) is 5. The molecule has 3 aromatic rings. The van der Waals surface area contributed by atoms with Crippen LogP contribution in [0.15, 0.2) is 38.6 Å². The summed E-state index contributed by atoms with van der Waals surface area (Å²) in [7, 11) is 0. The van der Waals surface area contributed by atoms with Crippen molar-refractivity contribution in [1.29, 1.82) is 0 Å². The van der Waals surface area contributed by atoms with Gasteiger partial charge < -0.3 is 10.3 Å². The lowest BCUT2D eigenvalue weighted by molar-refractivity contribution is 0.432. The fourth-order valence-electron chi connectivity index (χ4n) is 1.55. The van der Waals surface area contributed by atoms with Crippen molar-refractivity contribution >= 4 is 33.0 Å². The molecule has 0 bridgehead atoms. The highest BCUT2D eigenvalue weighted by Crippen LogP contribution is 2.30. The van der Waals surface area contributed by atoms with Crippen molar-refractivity contribution in [1.82, 2.24) is 10.1 Å². The van der Waals surface area contributed by atoms with Gasteiger partial charge >= 0.3 is 0 Å². The Morgan fingerprint density at radius 1 is 1.32 bits per heavy atom. The highest BCUT2D eigenvalue weighted by Gasteiger charge is 2.13. The zero-order chi connectivity index (χ0) is 13.4. The summed E-state index contributed by atoms with van der Waals surface area (Å²) >= 11 is 4.86. The second-order valence-electron chi connectivity index (χ2n) is 3.79. The number of rotatable bonds is 2. The van der Waals surface area contributed by atoms with Crippen LogP contribution in [0.5, 0.6) is 0 Å². The minimum atomic E-state index is -0.467. The van der Waals surface area contributed by atoms with Crippen molar-refractivity contribution in [3.8, 4) is 22.2 Å². The Labute approximate surface area is 120 Å². The molecule has 4 nitrogen and oxygen atoms in total. The minimum Gasteiger partial charge on any atom is -0.396 e. The van der Waals surface area contributed by atoms with Crippen molar-refractivity contribution in [3.05, 3.63) is 39.9 Å². The molecule has 0 aliphatic heterocycles. The Hall–Kier alpha value is -1.73. The first-order chi connectivity index (χ1) is 9.13. The Bertz CT molecular complexity index is 740. The van der Waals surface area contributed by atoms with Crippen LogP contribution < -0.4 is 5.73 Å². The van der Waals surface area contributed by atoms with Crippen molar-refractivity contribution in [2.75, 3.05) is 5.73 Å². The van der Waals surface area contributed by atoms with Crippen LogP contribution in [0.1, 0.15) is 0 Å². The summed E-state index contributed by atoms with van der Waals surface area (Å²) in [5.41, 5.74) is 6.15. The molecule has 19 heavy (non-hydrogen) atoms. The molecule has 7 heteroatoms. The Balaban J connectivity index is 1.98. The first kappa shape index (κ1) is 12.3. The van der Waals surface area contributed by atoms with Crippen LogP contribution in [0.3, 0.4) is 0 Å². The first-order valence-corrected chi connectivity index (χ1v) is 6.94. The lowest BCUT2D eigenvalue weighted by atomic mass is 10.2. The Kier molecular flexibility index (Phi) is 3.08. The number of benzene rings is 1. The van der Waals surface area contributed by atoms with E-state index < -0.39 is 5.82 Å². The van der Waals surface area contributed by atoms with E-state index in [1.54, 1.807) is 6.07 Å². The maximum atomic E-state index is 13.1. The van der Waals surface area contributed by atoms with E-state index in [4.69, 9.17) is 10.3 Å². The van der Waals surface area contributed by atoms with E-state index in [1.807, 2.05) is 11.4 Å². The molecule has 0 radical (unpaired) electrons. The van der Waals surface area contributed by atoms with Gasteiger partial charge in [0.1, 0.15) is 5.82 Å². The molecule has 0 aliphatic rings. The monoisotopic (exact) mass is 339 g/mol. The molecule has 0 spiro atoms. The van der Waals surface area contributed by atoms with Crippen LogP contribution in [-0.4, -0.2) is 10.1 Å². The molecule has 0 aliphatic carbocycles. The summed E-state index contributed by atoms with van der Waals surface area (Å²) in [6.45, 7) is 0. The summed E-state index contributed by atoms with van der Waals surface area (Å²) in [5.74, 6) is 0.338. The molecule has 3 rings (SSSR count). The molecule has 0 unspecified atom stereocenters. The number of nitrogen functional groups attached to an aromatic ring is 1. The van der Waals surface area contributed by atoms with Crippen molar-refractivity contribution in [3.63, 3.8) is 0 Å². The number of nitrogens with two attached hydrogens (primary N) is 1. The number of aromatic nitrogens is 2. The maximum absolute atomic E-state index is 13.1. The number of anilines is 1. The SMILES string of the molecule is Nc1cc(-c2nc(-c3cc(Br)cs3)no2)ccc1F. The van der Waals surface area contributed by atoms with Gasteiger partial charge in [-0.25, -0.2) is 4.39 Å². The smallest absolute Gasteiger partial charge is 0.258 e. The number of nitrogens with zero attached hydrogens (tertiary/aromatic N) is 2. The zero-order valence-electron chi connectivity index (χ0n) is 9.43. The molecule has 2 N–H and O–H groups in total. The van der Waals surface area contributed by atoms with Gasteiger partial charge in [-0.1, -0.05) is 5.16 Å². The average Bonchev–Trinajstić information content (AvgIpc) is 3.01. The van der Waals surface area contributed by atoms with Crippen LogP contribution in [-0.2, 0) is 0 Å². The van der Waals surface area contributed by atoms with Gasteiger partial charge in [0.25, 0.3) is 5.89 Å². The van der Waals surface area contributed by atoms with Gasteiger partial charge in [-0.05, 0) is 40.2 Å². The van der Waals surface area contributed by atoms with Gasteiger partial charge in [0, 0.05) is 15.4 Å². The number of hydrogen-bond donors (Lipinski definition) is 1. The van der Waals surface area contributed by atoms with E-state index in [1.165, 1.54) is 23.5 Å².